The molecule has 2 aromatic rings. The summed E-state index contributed by atoms with van der Waals surface area (Å²) in [5, 5.41) is 5.60. The number of halogens is 1. The van der Waals surface area contributed by atoms with E-state index in [9.17, 15) is 9.18 Å². The maximum atomic E-state index is 12.8. The van der Waals surface area contributed by atoms with Gasteiger partial charge in [-0.05, 0) is 53.7 Å². The van der Waals surface area contributed by atoms with Crippen molar-refractivity contribution in [1.29, 1.82) is 0 Å². The van der Waals surface area contributed by atoms with E-state index in [4.69, 9.17) is 17.0 Å². The molecule has 0 saturated carbocycles. The van der Waals surface area contributed by atoms with E-state index < -0.39 is 0 Å². The van der Waals surface area contributed by atoms with Gasteiger partial charge in [0.05, 0.1) is 0 Å². The van der Waals surface area contributed by atoms with E-state index in [1.807, 2.05) is 12.1 Å². The van der Waals surface area contributed by atoms with Crippen LogP contribution in [-0.4, -0.2) is 11.0 Å². The van der Waals surface area contributed by atoms with Crippen LogP contribution in [0.2, 0.25) is 0 Å². The van der Waals surface area contributed by atoms with Gasteiger partial charge in [0.1, 0.15) is 23.9 Å². The fraction of sp³-hybridized carbons (Fsp3) is 0.0588. The molecule has 1 heterocycles. The van der Waals surface area contributed by atoms with Crippen LogP contribution < -0.4 is 15.4 Å². The van der Waals surface area contributed by atoms with Crippen molar-refractivity contribution in [2.24, 2.45) is 0 Å². The topological polar surface area (TPSA) is 50.4 Å². The molecule has 0 aromatic heterocycles. The Bertz CT molecular complexity index is 770. The summed E-state index contributed by atoms with van der Waals surface area (Å²) in [6.45, 7) is 0.360. The molecule has 1 aliphatic rings. The third kappa shape index (κ3) is 3.92. The fourth-order valence-corrected chi connectivity index (χ4v) is 2.26. The second-order valence-electron chi connectivity index (χ2n) is 4.95. The Kier molecular flexibility index (Phi) is 4.34. The van der Waals surface area contributed by atoms with Crippen molar-refractivity contribution in [1.82, 2.24) is 10.6 Å². The Morgan fingerprint density at radius 1 is 1.04 bits per heavy atom. The molecular weight excluding hydrogens is 315 g/mol. The summed E-state index contributed by atoms with van der Waals surface area (Å²) in [5.74, 6) is 0.178. The minimum atomic E-state index is -0.268. The van der Waals surface area contributed by atoms with Gasteiger partial charge in [0.15, 0.2) is 5.11 Å². The van der Waals surface area contributed by atoms with Gasteiger partial charge in [-0.3, -0.25) is 10.1 Å². The van der Waals surface area contributed by atoms with Crippen molar-refractivity contribution in [2.45, 2.75) is 6.61 Å². The Morgan fingerprint density at radius 2 is 1.74 bits per heavy atom. The SMILES string of the molecule is O=C1NC(=S)N/C1=C\c1ccc(OCc2ccc(F)cc2)cc1. The molecule has 0 unspecified atom stereocenters. The predicted molar refractivity (Wildman–Crippen MR) is 89.0 cm³/mol. The van der Waals surface area contributed by atoms with Crippen LogP contribution >= 0.6 is 12.2 Å². The highest BCUT2D eigenvalue weighted by Gasteiger charge is 2.19. The monoisotopic (exact) mass is 328 g/mol. The smallest absolute Gasteiger partial charge is 0.273 e. The van der Waals surface area contributed by atoms with Crippen LogP contribution in [0.15, 0.2) is 54.2 Å². The summed E-state index contributed by atoms with van der Waals surface area (Å²) in [6, 6.07) is 13.5. The summed E-state index contributed by atoms with van der Waals surface area (Å²) in [4.78, 5) is 11.6. The van der Waals surface area contributed by atoms with Crippen molar-refractivity contribution in [3.8, 4) is 5.75 Å². The van der Waals surface area contributed by atoms with Crippen molar-refractivity contribution < 1.29 is 13.9 Å². The molecule has 0 aliphatic carbocycles. The lowest BCUT2D eigenvalue weighted by Crippen LogP contribution is -2.21. The van der Waals surface area contributed by atoms with E-state index in [-0.39, 0.29) is 11.7 Å². The number of carbonyl (C=O) groups is 1. The maximum absolute atomic E-state index is 12.8. The van der Waals surface area contributed by atoms with Crippen LogP contribution in [0.5, 0.6) is 5.75 Å². The molecule has 4 nitrogen and oxygen atoms in total. The number of benzene rings is 2. The van der Waals surface area contributed by atoms with Crippen LogP contribution in [0.3, 0.4) is 0 Å². The normalized spacial score (nSPS) is 15.4. The Morgan fingerprint density at radius 3 is 2.35 bits per heavy atom. The largest absolute Gasteiger partial charge is 0.489 e. The molecular formula is C17H13FN2O2S. The summed E-state index contributed by atoms with van der Waals surface area (Å²) >= 11 is 4.87. The number of rotatable bonds is 4. The van der Waals surface area contributed by atoms with Gasteiger partial charge in [0, 0.05) is 0 Å². The molecule has 3 rings (SSSR count). The lowest BCUT2D eigenvalue weighted by Gasteiger charge is -2.06. The standard InChI is InChI=1S/C17H13FN2O2S/c18-13-5-1-12(2-6-13)10-22-14-7-3-11(4-8-14)9-15-16(21)20-17(23)19-15/h1-9H,10H2,(H2,19,20,21,23)/b15-9-. The molecule has 0 atom stereocenters. The zero-order valence-electron chi connectivity index (χ0n) is 12.0. The second kappa shape index (κ2) is 6.58. The second-order valence-corrected chi connectivity index (χ2v) is 5.36. The number of amides is 1. The van der Waals surface area contributed by atoms with Crippen molar-refractivity contribution >= 4 is 29.3 Å². The highest BCUT2D eigenvalue weighted by Crippen LogP contribution is 2.16. The minimum Gasteiger partial charge on any atom is -0.489 e. The van der Waals surface area contributed by atoms with Gasteiger partial charge in [-0.15, -0.1) is 0 Å². The van der Waals surface area contributed by atoms with Crippen LogP contribution in [0.25, 0.3) is 6.08 Å². The third-order valence-corrected chi connectivity index (χ3v) is 3.43. The van der Waals surface area contributed by atoms with Gasteiger partial charge in [0.25, 0.3) is 5.91 Å². The average molecular weight is 328 g/mol. The fourth-order valence-electron chi connectivity index (χ4n) is 2.06. The molecule has 0 spiro atoms. The van der Waals surface area contributed by atoms with E-state index in [2.05, 4.69) is 10.6 Å². The number of carbonyl (C=O) groups excluding carboxylic acids is 1. The first-order valence-corrected chi connectivity index (χ1v) is 7.32. The molecule has 1 amide bonds. The average Bonchev–Trinajstić information content (AvgIpc) is 2.86. The van der Waals surface area contributed by atoms with Crippen LogP contribution in [0.4, 0.5) is 4.39 Å². The van der Waals surface area contributed by atoms with Gasteiger partial charge < -0.3 is 10.1 Å². The number of hydrogen-bond donors (Lipinski definition) is 2. The number of hydrogen-bond acceptors (Lipinski definition) is 3. The van der Waals surface area contributed by atoms with E-state index in [0.717, 1.165) is 11.1 Å². The molecule has 23 heavy (non-hydrogen) atoms. The quantitative estimate of drug-likeness (QED) is 0.669. The first kappa shape index (κ1) is 15.2. The molecule has 1 fully saturated rings. The summed E-state index contributed by atoms with van der Waals surface area (Å²) in [5.41, 5.74) is 2.15. The molecule has 1 saturated heterocycles. The summed E-state index contributed by atoms with van der Waals surface area (Å²) < 4.78 is 18.5. The number of nitrogens with one attached hydrogen (secondary N) is 2. The van der Waals surface area contributed by atoms with E-state index in [1.54, 1.807) is 30.3 Å². The first-order valence-electron chi connectivity index (χ1n) is 6.91. The highest BCUT2D eigenvalue weighted by molar-refractivity contribution is 7.80. The van der Waals surface area contributed by atoms with E-state index in [1.165, 1.54) is 12.1 Å². The zero-order valence-corrected chi connectivity index (χ0v) is 12.8. The van der Waals surface area contributed by atoms with Crippen LogP contribution in [0, 0.1) is 5.82 Å². The molecule has 116 valence electrons. The lowest BCUT2D eigenvalue weighted by molar-refractivity contribution is -0.115. The lowest BCUT2D eigenvalue weighted by atomic mass is 10.2. The Labute approximate surface area is 138 Å². The first-order chi connectivity index (χ1) is 11.1. The molecule has 0 radical (unpaired) electrons. The van der Waals surface area contributed by atoms with Crippen molar-refractivity contribution in [3.05, 3.63) is 71.2 Å². The molecule has 2 aromatic carbocycles. The van der Waals surface area contributed by atoms with E-state index >= 15 is 0 Å². The van der Waals surface area contributed by atoms with Crippen LogP contribution in [0.1, 0.15) is 11.1 Å². The third-order valence-electron chi connectivity index (χ3n) is 3.23. The Balaban J connectivity index is 1.63. The van der Waals surface area contributed by atoms with Crippen molar-refractivity contribution in [3.63, 3.8) is 0 Å². The minimum absolute atomic E-state index is 0.244. The van der Waals surface area contributed by atoms with Gasteiger partial charge in [-0.25, -0.2) is 4.39 Å². The van der Waals surface area contributed by atoms with Gasteiger partial charge >= 0.3 is 0 Å². The van der Waals surface area contributed by atoms with Gasteiger partial charge in [0.2, 0.25) is 0 Å². The maximum Gasteiger partial charge on any atom is 0.273 e. The summed E-state index contributed by atoms with van der Waals surface area (Å²) in [6.07, 6.45) is 1.71. The number of thiocarbonyl (C=S) groups is 1. The van der Waals surface area contributed by atoms with Gasteiger partial charge in [-0.1, -0.05) is 24.3 Å². The zero-order chi connectivity index (χ0) is 16.2. The highest BCUT2D eigenvalue weighted by atomic mass is 32.1. The number of ether oxygens (including phenoxy) is 1. The molecule has 2 N–H and O–H groups in total. The van der Waals surface area contributed by atoms with Crippen LogP contribution in [-0.2, 0) is 11.4 Å². The van der Waals surface area contributed by atoms with Gasteiger partial charge in [-0.2, -0.15) is 0 Å². The predicted octanol–water partition coefficient (Wildman–Crippen LogP) is 2.75. The summed E-state index contributed by atoms with van der Waals surface area (Å²) in [7, 11) is 0. The molecule has 1 aliphatic heterocycles. The molecule has 6 heteroatoms. The Hall–Kier alpha value is -2.73. The molecule has 0 bridgehead atoms. The van der Waals surface area contributed by atoms with E-state index in [0.29, 0.717) is 23.2 Å². The van der Waals surface area contributed by atoms with Crippen molar-refractivity contribution in [2.75, 3.05) is 0 Å².